The predicted octanol–water partition coefficient (Wildman–Crippen LogP) is 1.68. The number of nitrogens with zero attached hydrogens (tertiary/aromatic N) is 1. The number of carbonyl (C=O) groups excluding carboxylic acids is 1. The van der Waals surface area contributed by atoms with Crippen LogP contribution in [-0.2, 0) is 9.53 Å². The van der Waals surface area contributed by atoms with Crippen molar-refractivity contribution in [3.05, 3.63) is 27.8 Å². The van der Waals surface area contributed by atoms with Crippen molar-refractivity contribution in [2.75, 3.05) is 19.4 Å². The molecule has 0 aliphatic carbocycles. The van der Waals surface area contributed by atoms with Gasteiger partial charge in [0.1, 0.15) is 23.1 Å². The van der Waals surface area contributed by atoms with Gasteiger partial charge in [0.15, 0.2) is 0 Å². The summed E-state index contributed by atoms with van der Waals surface area (Å²) >= 11 is 0. The van der Waals surface area contributed by atoms with E-state index in [1.54, 1.807) is 13.8 Å². The van der Waals surface area contributed by atoms with Crippen molar-refractivity contribution in [2.24, 2.45) is 0 Å². The highest BCUT2D eigenvalue weighted by atomic mass is 16.6. The number of ether oxygens (including phenoxy) is 2. The van der Waals surface area contributed by atoms with Gasteiger partial charge in [-0.15, -0.1) is 0 Å². The summed E-state index contributed by atoms with van der Waals surface area (Å²) in [5, 5.41) is 25.0. The molecule has 2 unspecified atom stereocenters. The van der Waals surface area contributed by atoms with E-state index in [-0.39, 0.29) is 17.3 Å². The molecular formula is C17H25N3O6. The Balaban J connectivity index is 2.16. The third-order valence-corrected chi connectivity index (χ3v) is 4.49. The van der Waals surface area contributed by atoms with Crippen LogP contribution in [0.3, 0.4) is 0 Å². The van der Waals surface area contributed by atoms with Crippen molar-refractivity contribution >= 4 is 17.3 Å². The summed E-state index contributed by atoms with van der Waals surface area (Å²) in [4.78, 5) is 21.7. The first-order chi connectivity index (χ1) is 12.2. The normalized spacial score (nSPS) is 20.8. The molecule has 0 saturated heterocycles. The van der Waals surface area contributed by atoms with Gasteiger partial charge in [-0.25, -0.2) is 0 Å². The second kappa shape index (κ2) is 7.88. The number of aliphatic hydroxyl groups is 1. The maximum atomic E-state index is 11.1. The van der Waals surface area contributed by atoms with E-state index >= 15 is 0 Å². The molecule has 1 aromatic carbocycles. The van der Waals surface area contributed by atoms with Gasteiger partial charge in [0, 0.05) is 12.0 Å². The summed E-state index contributed by atoms with van der Waals surface area (Å²) in [6.07, 6.45) is 0.807. The number of nitrogens with two attached hydrogens (primary N) is 1. The van der Waals surface area contributed by atoms with Gasteiger partial charge >= 0.3 is 5.97 Å². The molecule has 2 atom stereocenters. The molecular weight excluding hydrogens is 342 g/mol. The van der Waals surface area contributed by atoms with Crippen LogP contribution >= 0.6 is 0 Å². The third kappa shape index (κ3) is 4.23. The summed E-state index contributed by atoms with van der Waals surface area (Å²) in [6, 6.07) is 2.28. The highest BCUT2D eigenvalue weighted by Gasteiger charge is 2.43. The number of unbranched alkanes of at least 4 members (excludes halogenated alkanes) is 1. The Labute approximate surface area is 151 Å². The second-order valence-electron chi connectivity index (χ2n) is 6.82. The smallest absolute Gasteiger partial charge is 0.305 e. The number of nitrogens with one attached hydrogen (secondary N) is 1. The van der Waals surface area contributed by atoms with Crippen LogP contribution in [0, 0.1) is 10.1 Å². The number of methoxy groups -OCH3 is 1. The number of anilines is 1. The summed E-state index contributed by atoms with van der Waals surface area (Å²) < 4.78 is 10.4. The van der Waals surface area contributed by atoms with E-state index in [9.17, 15) is 20.0 Å². The van der Waals surface area contributed by atoms with E-state index in [0.717, 1.165) is 0 Å². The Morgan fingerprint density at radius 2 is 2.15 bits per heavy atom. The van der Waals surface area contributed by atoms with E-state index in [1.807, 2.05) is 0 Å². The van der Waals surface area contributed by atoms with Crippen LogP contribution in [0.1, 0.15) is 44.7 Å². The van der Waals surface area contributed by atoms with Crippen LogP contribution in [0.4, 0.5) is 11.4 Å². The van der Waals surface area contributed by atoms with E-state index < -0.39 is 22.7 Å². The molecule has 9 nitrogen and oxygen atoms in total. The Bertz CT molecular complexity index is 691. The minimum atomic E-state index is -0.930. The van der Waals surface area contributed by atoms with Crippen molar-refractivity contribution in [1.82, 2.24) is 5.32 Å². The summed E-state index contributed by atoms with van der Waals surface area (Å²) in [6.45, 7) is 3.98. The molecule has 2 rings (SSSR count). The number of nitro benzene ring substituents is 1. The maximum absolute atomic E-state index is 11.1. The predicted molar refractivity (Wildman–Crippen MR) is 94.8 cm³/mol. The van der Waals surface area contributed by atoms with Gasteiger partial charge in [0.25, 0.3) is 5.69 Å². The van der Waals surface area contributed by atoms with Gasteiger partial charge < -0.3 is 25.6 Å². The zero-order chi connectivity index (χ0) is 19.5. The topological polar surface area (TPSA) is 137 Å². The third-order valence-electron chi connectivity index (χ3n) is 4.49. The van der Waals surface area contributed by atoms with E-state index in [2.05, 4.69) is 10.1 Å². The molecule has 0 fully saturated rings. The summed E-state index contributed by atoms with van der Waals surface area (Å²) in [7, 11) is 1.35. The standard InChI is InChI=1S/C17H25N3O6/c1-17(2)16(22)15(19-7-5-4-6-14(21)25-3)10-8-11(18)12(20(23)24)9-13(10)26-17/h8-9,15-16,19,22H,4-7,18H2,1-3H3. The fourth-order valence-corrected chi connectivity index (χ4v) is 2.98. The average Bonchev–Trinajstić information content (AvgIpc) is 2.57. The number of nitro groups is 1. The molecule has 144 valence electrons. The number of esters is 1. The van der Waals surface area contributed by atoms with Crippen molar-refractivity contribution in [1.29, 1.82) is 0 Å². The lowest BCUT2D eigenvalue weighted by molar-refractivity contribution is -0.384. The first-order valence-electron chi connectivity index (χ1n) is 8.42. The van der Waals surface area contributed by atoms with E-state index in [4.69, 9.17) is 10.5 Å². The van der Waals surface area contributed by atoms with Crippen LogP contribution in [0.25, 0.3) is 0 Å². The molecule has 0 aromatic heterocycles. The van der Waals surface area contributed by atoms with Crippen molar-refractivity contribution < 1.29 is 24.3 Å². The van der Waals surface area contributed by atoms with Crippen LogP contribution in [0.15, 0.2) is 12.1 Å². The summed E-state index contributed by atoms with van der Waals surface area (Å²) in [5.41, 5.74) is 5.22. The van der Waals surface area contributed by atoms with Gasteiger partial charge in [0.2, 0.25) is 0 Å². The summed E-state index contributed by atoms with van der Waals surface area (Å²) in [5.74, 6) is 0.0657. The lowest BCUT2D eigenvalue weighted by Gasteiger charge is -2.42. The highest BCUT2D eigenvalue weighted by Crippen LogP contribution is 2.43. The molecule has 26 heavy (non-hydrogen) atoms. The largest absolute Gasteiger partial charge is 0.484 e. The Hall–Kier alpha value is -2.39. The molecule has 1 aromatic rings. The molecule has 0 amide bonds. The van der Waals surface area contributed by atoms with Gasteiger partial charge in [-0.05, 0) is 39.3 Å². The van der Waals surface area contributed by atoms with Gasteiger partial charge in [-0.2, -0.15) is 0 Å². The number of aliphatic hydroxyl groups excluding tert-OH is 1. The number of carbonyl (C=O) groups is 1. The van der Waals surface area contributed by atoms with Crippen LogP contribution in [-0.4, -0.2) is 41.4 Å². The van der Waals surface area contributed by atoms with Crippen molar-refractivity contribution in [3.63, 3.8) is 0 Å². The fourth-order valence-electron chi connectivity index (χ4n) is 2.98. The van der Waals surface area contributed by atoms with Crippen LogP contribution < -0.4 is 15.8 Å². The van der Waals surface area contributed by atoms with Crippen molar-refractivity contribution in [2.45, 2.75) is 50.9 Å². The van der Waals surface area contributed by atoms with Gasteiger partial charge in [-0.3, -0.25) is 14.9 Å². The molecule has 1 aliphatic heterocycles. The minimum Gasteiger partial charge on any atom is -0.484 e. The minimum absolute atomic E-state index is 0.0155. The molecule has 0 spiro atoms. The first-order valence-corrected chi connectivity index (χ1v) is 8.42. The quantitative estimate of drug-likeness (QED) is 0.218. The zero-order valence-electron chi connectivity index (χ0n) is 15.2. The SMILES string of the molecule is COC(=O)CCCCNC1c2cc(N)c([N+](=O)[O-])cc2OC(C)(C)C1O. The average molecular weight is 367 g/mol. The van der Waals surface area contributed by atoms with Crippen LogP contribution in [0.5, 0.6) is 5.75 Å². The lowest BCUT2D eigenvalue weighted by atomic mass is 9.86. The number of hydrogen-bond donors (Lipinski definition) is 3. The van der Waals surface area contributed by atoms with Gasteiger partial charge in [0.05, 0.1) is 24.1 Å². The number of hydrogen-bond acceptors (Lipinski definition) is 8. The fraction of sp³-hybridized carbons (Fsp3) is 0.588. The molecule has 0 radical (unpaired) electrons. The highest BCUT2D eigenvalue weighted by molar-refractivity contribution is 5.69. The van der Waals surface area contributed by atoms with Gasteiger partial charge in [-0.1, -0.05) is 0 Å². The molecule has 1 aliphatic rings. The zero-order valence-corrected chi connectivity index (χ0v) is 15.2. The Morgan fingerprint density at radius 1 is 1.46 bits per heavy atom. The monoisotopic (exact) mass is 367 g/mol. The molecule has 1 heterocycles. The Kier molecular flexibility index (Phi) is 6.04. The second-order valence-corrected chi connectivity index (χ2v) is 6.82. The maximum Gasteiger partial charge on any atom is 0.305 e. The number of fused-ring (bicyclic) bond motifs is 1. The number of benzene rings is 1. The lowest BCUT2D eigenvalue weighted by Crippen LogP contribution is -2.52. The molecule has 0 bridgehead atoms. The molecule has 0 saturated carbocycles. The Morgan fingerprint density at radius 3 is 2.77 bits per heavy atom. The molecule has 4 N–H and O–H groups in total. The van der Waals surface area contributed by atoms with E-state index in [0.29, 0.717) is 37.1 Å². The number of nitrogen functional groups attached to an aromatic ring is 1. The van der Waals surface area contributed by atoms with Crippen LogP contribution in [0.2, 0.25) is 0 Å². The van der Waals surface area contributed by atoms with Crippen molar-refractivity contribution in [3.8, 4) is 5.75 Å². The first kappa shape index (κ1) is 19.9. The molecule has 9 heteroatoms. The van der Waals surface area contributed by atoms with E-state index in [1.165, 1.54) is 19.2 Å². The number of rotatable bonds is 7.